The number of nitrogen functional groups attached to an aromatic ring is 1. The highest BCUT2D eigenvalue weighted by Crippen LogP contribution is 2.24. The molecule has 0 unspecified atom stereocenters. The molecular weight excluding hydrogens is 355 g/mol. The summed E-state index contributed by atoms with van der Waals surface area (Å²) in [7, 11) is 0. The number of nitrogens with one attached hydrogen (secondary N) is 1. The lowest BCUT2D eigenvalue weighted by molar-refractivity contribution is 0.573. The molecule has 7 heteroatoms. The fourth-order valence-electron chi connectivity index (χ4n) is 3.39. The molecule has 0 aliphatic carbocycles. The zero-order valence-corrected chi connectivity index (χ0v) is 15.4. The topological polar surface area (TPSA) is 91.8 Å². The summed E-state index contributed by atoms with van der Waals surface area (Å²) in [6, 6.07) is 8.73. The van der Waals surface area contributed by atoms with E-state index in [2.05, 4.69) is 19.9 Å². The number of anilines is 2. The van der Waals surface area contributed by atoms with Gasteiger partial charge in [0.15, 0.2) is 0 Å². The molecule has 28 heavy (non-hydrogen) atoms. The summed E-state index contributed by atoms with van der Waals surface area (Å²) in [5.74, 6) is 0.438. The summed E-state index contributed by atoms with van der Waals surface area (Å²) < 4.78 is 13.5. The van der Waals surface area contributed by atoms with Gasteiger partial charge in [-0.25, -0.2) is 9.37 Å². The van der Waals surface area contributed by atoms with Gasteiger partial charge in [-0.15, -0.1) is 0 Å². The largest absolute Gasteiger partial charge is 0.397 e. The van der Waals surface area contributed by atoms with Crippen molar-refractivity contribution in [2.24, 2.45) is 0 Å². The van der Waals surface area contributed by atoms with Crippen molar-refractivity contribution in [3.63, 3.8) is 0 Å². The van der Waals surface area contributed by atoms with E-state index in [1.54, 1.807) is 12.1 Å². The summed E-state index contributed by atoms with van der Waals surface area (Å²) in [5, 5.41) is 8.65. The van der Waals surface area contributed by atoms with Gasteiger partial charge in [-0.3, -0.25) is 15.4 Å². The Morgan fingerprint density at radius 2 is 1.89 bits per heavy atom. The van der Waals surface area contributed by atoms with Crippen LogP contribution in [0.3, 0.4) is 0 Å². The van der Waals surface area contributed by atoms with Crippen molar-refractivity contribution >= 4 is 17.2 Å². The molecule has 0 amide bonds. The molecule has 0 atom stereocenters. The Labute approximate surface area is 162 Å². The molecule has 0 bridgehead atoms. The molecule has 0 spiro atoms. The Morgan fingerprint density at radius 1 is 1.07 bits per heavy atom. The van der Waals surface area contributed by atoms with E-state index in [0.717, 1.165) is 37.9 Å². The molecule has 4 heterocycles. The van der Waals surface area contributed by atoms with Gasteiger partial charge in [0.1, 0.15) is 11.6 Å². The molecule has 142 valence electrons. The first-order chi connectivity index (χ1) is 13.6. The van der Waals surface area contributed by atoms with E-state index < -0.39 is 5.82 Å². The second kappa shape index (κ2) is 7.72. The van der Waals surface area contributed by atoms with Gasteiger partial charge < -0.3 is 10.6 Å². The molecule has 1 aliphatic heterocycles. The molecule has 0 saturated carbocycles. The molecule has 1 saturated heterocycles. The average molecular weight is 376 g/mol. The van der Waals surface area contributed by atoms with Gasteiger partial charge in [-0.05, 0) is 43.5 Å². The monoisotopic (exact) mass is 376 g/mol. The molecule has 3 aromatic heterocycles. The Morgan fingerprint density at radius 3 is 2.68 bits per heavy atom. The van der Waals surface area contributed by atoms with E-state index in [1.807, 2.05) is 12.1 Å². The number of aromatic nitrogens is 3. The number of piperidine rings is 1. The lowest BCUT2D eigenvalue weighted by atomic mass is 10.0. The molecule has 0 aromatic carbocycles. The Hall–Kier alpha value is -3.35. The SMILES string of the molecule is N=C(c1cccc(N2CCCCC2)n1)c1cc(-c2cncc(F)c2)ncc1N. The van der Waals surface area contributed by atoms with Gasteiger partial charge in [0.25, 0.3) is 0 Å². The number of halogens is 1. The third kappa shape index (κ3) is 3.69. The van der Waals surface area contributed by atoms with Gasteiger partial charge >= 0.3 is 0 Å². The Bertz CT molecular complexity index is 1010. The highest BCUT2D eigenvalue weighted by molar-refractivity contribution is 6.13. The van der Waals surface area contributed by atoms with Gasteiger partial charge in [-0.2, -0.15) is 0 Å². The van der Waals surface area contributed by atoms with Crippen LogP contribution in [0.4, 0.5) is 15.9 Å². The quantitative estimate of drug-likeness (QED) is 0.678. The maximum atomic E-state index is 13.5. The predicted octanol–water partition coefficient (Wildman–Crippen LogP) is 3.67. The normalized spacial score (nSPS) is 14.1. The molecule has 3 aromatic rings. The minimum Gasteiger partial charge on any atom is -0.397 e. The lowest BCUT2D eigenvalue weighted by Gasteiger charge is -2.28. The zero-order valence-electron chi connectivity index (χ0n) is 15.4. The van der Waals surface area contributed by atoms with Gasteiger partial charge in [0.2, 0.25) is 0 Å². The van der Waals surface area contributed by atoms with Crippen LogP contribution in [0.15, 0.2) is 48.9 Å². The molecule has 3 N–H and O–H groups in total. The Balaban J connectivity index is 1.67. The van der Waals surface area contributed by atoms with Crippen molar-refractivity contribution in [1.29, 1.82) is 5.41 Å². The first kappa shape index (κ1) is 18.0. The Kier molecular flexibility index (Phi) is 4.97. The molecule has 6 nitrogen and oxygen atoms in total. The molecule has 4 rings (SSSR count). The maximum Gasteiger partial charge on any atom is 0.142 e. The van der Waals surface area contributed by atoms with Crippen molar-refractivity contribution in [3.05, 3.63) is 66.0 Å². The molecule has 1 fully saturated rings. The number of nitrogens with two attached hydrogens (primary N) is 1. The van der Waals surface area contributed by atoms with Crippen LogP contribution in [0, 0.1) is 11.2 Å². The number of nitrogens with zero attached hydrogens (tertiary/aromatic N) is 4. The van der Waals surface area contributed by atoms with Crippen LogP contribution in [0.2, 0.25) is 0 Å². The number of rotatable bonds is 4. The van der Waals surface area contributed by atoms with Crippen LogP contribution in [0.1, 0.15) is 30.5 Å². The van der Waals surface area contributed by atoms with E-state index in [4.69, 9.17) is 11.1 Å². The first-order valence-corrected chi connectivity index (χ1v) is 9.29. The highest BCUT2D eigenvalue weighted by atomic mass is 19.1. The zero-order chi connectivity index (χ0) is 19.5. The fourth-order valence-corrected chi connectivity index (χ4v) is 3.39. The van der Waals surface area contributed by atoms with Crippen molar-refractivity contribution in [2.75, 3.05) is 23.7 Å². The second-order valence-corrected chi connectivity index (χ2v) is 6.85. The predicted molar refractivity (Wildman–Crippen MR) is 108 cm³/mol. The van der Waals surface area contributed by atoms with Crippen molar-refractivity contribution in [2.45, 2.75) is 19.3 Å². The number of pyridine rings is 3. The fraction of sp³-hybridized carbons (Fsp3) is 0.238. The molecular formula is C21H21FN6. The lowest BCUT2D eigenvalue weighted by Crippen LogP contribution is -2.30. The minimum absolute atomic E-state index is 0.212. The standard InChI is InChI=1S/C21H21FN6/c22-15-9-14(11-25-12-15)19-10-16(17(23)13-26-19)21(24)18-5-4-6-20(27-18)28-7-2-1-3-8-28/h4-6,9-13,24H,1-3,7-8,23H2. The van der Waals surface area contributed by atoms with Crippen LogP contribution >= 0.6 is 0 Å². The molecule has 1 aliphatic rings. The third-order valence-electron chi connectivity index (χ3n) is 4.88. The maximum absolute atomic E-state index is 13.5. The smallest absolute Gasteiger partial charge is 0.142 e. The minimum atomic E-state index is -0.441. The van der Waals surface area contributed by atoms with Crippen molar-refractivity contribution in [3.8, 4) is 11.3 Å². The summed E-state index contributed by atoms with van der Waals surface area (Å²) >= 11 is 0. The number of hydrogen-bond acceptors (Lipinski definition) is 6. The molecule has 0 radical (unpaired) electrons. The van der Waals surface area contributed by atoms with Gasteiger partial charge in [-0.1, -0.05) is 6.07 Å². The van der Waals surface area contributed by atoms with E-state index in [0.29, 0.717) is 28.2 Å². The summed E-state index contributed by atoms with van der Waals surface area (Å²) in [6.45, 7) is 1.97. The summed E-state index contributed by atoms with van der Waals surface area (Å²) in [5.41, 5.74) is 8.77. The van der Waals surface area contributed by atoms with E-state index in [9.17, 15) is 4.39 Å². The van der Waals surface area contributed by atoms with Gasteiger partial charge in [0, 0.05) is 30.4 Å². The first-order valence-electron chi connectivity index (χ1n) is 9.29. The summed E-state index contributed by atoms with van der Waals surface area (Å²) in [6.07, 6.45) is 7.72. The van der Waals surface area contributed by atoms with E-state index >= 15 is 0 Å². The van der Waals surface area contributed by atoms with Crippen LogP contribution in [0.5, 0.6) is 0 Å². The van der Waals surface area contributed by atoms with E-state index in [1.165, 1.54) is 24.9 Å². The van der Waals surface area contributed by atoms with Crippen molar-refractivity contribution < 1.29 is 4.39 Å². The third-order valence-corrected chi connectivity index (χ3v) is 4.88. The highest BCUT2D eigenvalue weighted by Gasteiger charge is 2.16. The van der Waals surface area contributed by atoms with E-state index in [-0.39, 0.29) is 5.71 Å². The van der Waals surface area contributed by atoms with Crippen LogP contribution < -0.4 is 10.6 Å². The summed E-state index contributed by atoms with van der Waals surface area (Å²) in [4.78, 5) is 15.1. The van der Waals surface area contributed by atoms with Crippen LogP contribution in [-0.4, -0.2) is 33.8 Å². The van der Waals surface area contributed by atoms with Crippen LogP contribution in [-0.2, 0) is 0 Å². The second-order valence-electron chi connectivity index (χ2n) is 6.85. The van der Waals surface area contributed by atoms with Crippen molar-refractivity contribution in [1.82, 2.24) is 15.0 Å². The van der Waals surface area contributed by atoms with Crippen LogP contribution in [0.25, 0.3) is 11.3 Å². The average Bonchev–Trinajstić information content (AvgIpc) is 2.74. The van der Waals surface area contributed by atoms with Gasteiger partial charge in [0.05, 0.1) is 35.2 Å². The number of hydrogen-bond donors (Lipinski definition) is 2.